The van der Waals surface area contributed by atoms with Crippen molar-refractivity contribution in [3.63, 3.8) is 0 Å². The zero-order valence-electron chi connectivity index (χ0n) is 47.6. The van der Waals surface area contributed by atoms with Crippen molar-refractivity contribution in [3.05, 3.63) is 109 Å². The van der Waals surface area contributed by atoms with Crippen LogP contribution >= 0.6 is 7.82 Å². The maximum atomic E-state index is 13.5. The summed E-state index contributed by atoms with van der Waals surface area (Å²) >= 11 is 0. The van der Waals surface area contributed by atoms with Crippen LogP contribution in [0, 0.1) is 0 Å². The summed E-state index contributed by atoms with van der Waals surface area (Å²) in [5.41, 5.74) is 0. The molecule has 0 aliphatic rings. The van der Waals surface area contributed by atoms with E-state index in [1.54, 1.807) is 0 Å². The van der Waals surface area contributed by atoms with E-state index in [0.717, 1.165) is 103 Å². The molecule has 2 N–H and O–H groups in total. The van der Waals surface area contributed by atoms with Crippen molar-refractivity contribution in [1.82, 2.24) is 5.32 Å². The molecule has 0 saturated heterocycles. The molecule has 418 valence electrons. The van der Waals surface area contributed by atoms with Crippen LogP contribution in [-0.4, -0.2) is 74.3 Å². The molecule has 0 aliphatic heterocycles. The minimum atomic E-state index is -4.47. The fraction of sp³-hybridized carbons (Fsp3) is 0.683. The molecule has 0 aromatic carbocycles. The molecule has 73 heavy (non-hydrogen) atoms. The zero-order valence-corrected chi connectivity index (χ0v) is 48.5. The highest BCUT2D eigenvalue weighted by Crippen LogP contribution is 2.43. The molecule has 10 heteroatoms. The predicted molar refractivity (Wildman–Crippen MR) is 313 cm³/mol. The first-order valence-corrected chi connectivity index (χ1v) is 30.7. The highest BCUT2D eigenvalue weighted by atomic mass is 31.2. The maximum Gasteiger partial charge on any atom is 0.472 e. The van der Waals surface area contributed by atoms with Gasteiger partial charge in [0, 0.05) is 12.8 Å². The van der Waals surface area contributed by atoms with Crippen LogP contribution in [0.2, 0.25) is 0 Å². The van der Waals surface area contributed by atoms with Gasteiger partial charge in [-0.3, -0.25) is 18.6 Å². The molecular formula is C63H110N2O7P+. The van der Waals surface area contributed by atoms with Crippen LogP contribution in [0.5, 0.6) is 0 Å². The number of likely N-dealkylation sites (N-methyl/N-ethyl adjacent to an activating group) is 1. The number of esters is 1. The van der Waals surface area contributed by atoms with Crippen LogP contribution in [0.25, 0.3) is 0 Å². The standard InChI is InChI=1S/C63H109N2O7P/c1-7-10-13-16-19-22-25-28-30-31-32-33-35-37-40-43-46-49-52-55-62(66)64-60(59-71-73(68,69)70-58-57-65(4,5)6)61(54-51-48-45-42-39-36-27-24-21-18-15-12-9-3)72-63(67)56-53-50-47-44-41-38-34-29-26-23-20-17-14-11-8-2/h10-11,13-14,17,19-20,22-23,26,28,30,32-33,37,40,51,54,60-61H,7-9,12,15-16,18,21,24-25,27,29,31,34-36,38-39,41-50,52-53,55-59H2,1-6H3,(H-,64,66,68,69)/p+1/b13-10-,14-11+,20-17+,22-19-,26-23+,30-28-,33-32-,40-37-,54-51-. The van der Waals surface area contributed by atoms with Crippen LogP contribution in [0.3, 0.4) is 0 Å². The summed E-state index contributed by atoms with van der Waals surface area (Å²) < 4.78 is 30.6. The van der Waals surface area contributed by atoms with E-state index in [-0.39, 0.29) is 37.9 Å². The first-order chi connectivity index (χ1) is 35.4. The van der Waals surface area contributed by atoms with Crippen LogP contribution in [0.4, 0.5) is 0 Å². The van der Waals surface area contributed by atoms with Crippen LogP contribution < -0.4 is 5.32 Å². The third-order valence-corrected chi connectivity index (χ3v) is 13.3. The Balaban J connectivity index is 5.44. The molecule has 0 bridgehead atoms. The normalized spacial score (nSPS) is 14.6. The number of nitrogens with one attached hydrogen (secondary N) is 1. The second-order valence-corrected chi connectivity index (χ2v) is 21.9. The quantitative estimate of drug-likeness (QED) is 0.0156. The number of phosphoric ester groups is 1. The van der Waals surface area contributed by atoms with Gasteiger partial charge in [-0.25, -0.2) is 4.57 Å². The van der Waals surface area contributed by atoms with E-state index in [9.17, 15) is 19.0 Å². The first-order valence-electron chi connectivity index (χ1n) is 29.2. The van der Waals surface area contributed by atoms with Crippen LogP contribution in [0.1, 0.15) is 226 Å². The van der Waals surface area contributed by atoms with Gasteiger partial charge in [0.15, 0.2) is 0 Å². The second kappa shape index (κ2) is 52.1. The summed E-state index contributed by atoms with van der Waals surface area (Å²) in [6.07, 6.45) is 70.8. The highest BCUT2D eigenvalue weighted by Gasteiger charge is 2.30. The summed E-state index contributed by atoms with van der Waals surface area (Å²) in [5, 5.41) is 3.03. The smallest absolute Gasteiger partial charge is 0.456 e. The molecule has 1 amide bonds. The van der Waals surface area contributed by atoms with Crippen LogP contribution in [-0.2, 0) is 27.9 Å². The van der Waals surface area contributed by atoms with E-state index in [0.29, 0.717) is 23.9 Å². The van der Waals surface area contributed by atoms with Gasteiger partial charge in [-0.2, -0.15) is 0 Å². The van der Waals surface area contributed by atoms with Gasteiger partial charge in [0.05, 0.1) is 33.8 Å². The van der Waals surface area contributed by atoms with Gasteiger partial charge in [-0.15, -0.1) is 0 Å². The minimum Gasteiger partial charge on any atom is -0.456 e. The van der Waals surface area contributed by atoms with Crippen molar-refractivity contribution in [1.29, 1.82) is 0 Å². The summed E-state index contributed by atoms with van der Waals surface area (Å²) in [6, 6.07) is -0.877. The number of quaternary nitrogens is 1. The predicted octanol–water partition coefficient (Wildman–Crippen LogP) is 17.8. The number of carbonyl (C=O) groups excluding carboxylic acids is 2. The SMILES string of the molecule is CC/C=C\C/C=C\C/C=C\C/C=C\C/C=C\CCCCCC(=O)NC(COP(=O)(O)OCC[N+](C)(C)C)C(/C=C\CCCCCCCCCCCCC)OC(=O)CCCCCCCCC/C=C/C=C/C=C/CC. The van der Waals surface area contributed by atoms with Gasteiger partial charge >= 0.3 is 13.8 Å². The molecule has 9 nitrogen and oxygen atoms in total. The molecule has 0 radical (unpaired) electrons. The Hall–Kier alpha value is -3.33. The lowest BCUT2D eigenvalue weighted by molar-refractivity contribution is -0.870. The molecule has 0 fully saturated rings. The molecule has 0 saturated carbocycles. The number of unbranched alkanes of at least 4 members (excludes halogenated alkanes) is 21. The maximum absolute atomic E-state index is 13.5. The molecule has 0 aliphatic carbocycles. The number of hydrogen-bond donors (Lipinski definition) is 2. The molecule has 0 heterocycles. The van der Waals surface area contributed by atoms with E-state index in [1.165, 1.54) is 77.0 Å². The van der Waals surface area contributed by atoms with Gasteiger partial charge in [-0.1, -0.05) is 227 Å². The number of rotatable bonds is 51. The molecule has 0 aromatic rings. The van der Waals surface area contributed by atoms with E-state index in [1.807, 2.05) is 33.3 Å². The number of hydrogen-bond acceptors (Lipinski definition) is 6. The number of nitrogens with zero attached hydrogens (tertiary/aromatic N) is 1. The Morgan fingerprint density at radius 1 is 0.507 bits per heavy atom. The lowest BCUT2D eigenvalue weighted by Gasteiger charge is -2.27. The average Bonchev–Trinajstić information content (AvgIpc) is 3.35. The van der Waals surface area contributed by atoms with Crippen molar-refractivity contribution in [2.45, 2.75) is 238 Å². The Morgan fingerprint density at radius 3 is 1.48 bits per heavy atom. The number of phosphoric acid groups is 1. The fourth-order valence-corrected chi connectivity index (χ4v) is 8.52. The average molecular weight is 1040 g/mol. The van der Waals surface area contributed by atoms with Gasteiger partial charge in [-0.05, 0) is 96.0 Å². The monoisotopic (exact) mass is 1040 g/mol. The van der Waals surface area contributed by atoms with Crippen molar-refractivity contribution in [2.24, 2.45) is 0 Å². The Bertz CT molecular complexity index is 1620. The van der Waals surface area contributed by atoms with E-state index >= 15 is 0 Å². The largest absolute Gasteiger partial charge is 0.472 e. The fourth-order valence-electron chi connectivity index (χ4n) is 7.79. The topological polar surface area (TPSA) is 111 Å². The molecule has 3 unspecified atom stereocenters. The number of carbonyl (C=O) groups is 2. The van der Waals surface area contributed by atoms with E-state index < -0.39 is 20.0 Å². The number of allylic oxidation sites excluding steroid dienone is 17. The summed E-state index contributed by atoms with van der Waals surface area (Å²) in [4.78, 5) is 37.6. The Labute approximate surface area is 449 Å². The summed E-state index contributed by atoms with van der Waals surface area (Å²) in [7, 11) is 1.45. The highest BCUT2D eigenvalue weighted by molar-refractivity contribution is 7.47. The zero-order chi connectivity index (χ0) is 53.6. The third-order valence-electron chi connectivity index (χ3n) is 12.3. The lowest BCUT2D eigenvalue weighted by Crippen LogP contribution is -2.47. The number of amides is 1. The Morgan fingerprint density at radius 2 is 0.945 bits per heavy atom. The van der Waals surface area contributed by atoms with Crippen molar-refractivity contribution >= 4 is 19.7 Å². The van der Waals surface area contributed by atoms with Gasteiger partial charge in [0.2, 0.25) is 5.91 Å². The lowest BCUT2D eigenvalue weighted by atomic mass is 10.0. The summed E-state index contributed by atoms with van der Waals surface area (Å²) in [6.45, 7) is 6.72. The first kappa shape index (κ1) is 69.7. The second-order valence-electron chi connectivity index (χ2n) is 20.5. The van der Waals surface area contributed by atoms with Gasteiger partial charge < -0.3 is 19.4 Å². The van der Waals surface area contributed by atoms with Gasteiger partial charge in [0.1, 0.15) is 19.3 Å². The van der Waals surface area contributed by atoms with E-state index in [4.69, 9.17) is 13.8 Å². The molecule has 0 rings (SSSR count). The molecule has 3 atom stereocenters. The van der Waals surface area contributed by atoms with E-state index in [2.05, 4.69) is 123 Å². The van der Waals surface area contributed by atoms with Gasteiger partial charge in [0.25, 0.3) is 0 Å². The van der Waals surface area contributed by atoms with Crippen molar-refractivity contribution in [3.8, 4) is 0 Å². The van der Waals surface area contributed by atoms with Crippen molar-refractivity contribution < 1.29 is 37.3 Å². The third kappa shape index (κ3) is 53.3. The molecule has 0 aromatic heterocycles. The molecule has 0 spiro atoms. The number of ether oxygens (including phenoxy) is 1. The summed E-state index contributed by atoms with van der Waals surface area (Å²) in [5.74, 6) is -0.564. The van der Waals surface area contributed by atoms with Crippen LogP contribution in [0.15, 0.2) is 109 Å². The Kier molecular flexibility index (Phi) is 49.7. The minimum absolute atomic E-state index is 0.0256. The van der Waals surface area contributed by atoms with Crippen molar-refractivity contribution in [2.75, 3.05) is 40.9 Å². The molecular weight excluding hydrogens is 928 g/mol.